The van der Waals surface area contributed by atoms with E-state index in [0.29, 0.717) is 4.68 Å². The molecule has 10 heteroatoms. The highest BCUT2D eigenvalue weighted by molar-refractivity contribution is 5.66. The van der Waals surface area contributed by atoms with Crippen LogP contribution in [0.4, 0.5) is 19.0 Å². The van der Waals surface area contributed by atoms with Gasteiger partial charge in [-0.2, -0.15) is 13.2 Å². The lowest BCUT2D eigenvalue weighted by Gasteiger charge is -1.98. The molecule has 0 saturated carbocycles. The van der Waals surface area contributed by atoms with Crippen LogP contribution in [0.15, 0.2) is 6.07 Å². The molecule has 0 aliphatic rings. The molecular weight excluding hydrogens is 247 g/mol. The van der Waals surface area contributed by atoms with E-state index in [2.05, 4.69) is 5.10 Å². The Hall–Kier alpha value is -2.13. The normalized spacial score (nSPS) is 11.5. The van der Waals surface area contributed by atoms with Gasteiger partial charge in [-0.3, -0.25) is 4.79 Å². The van der Waals surface area contributed by atoms with E-state index >= 15 is 0 Å². The minimum atomic E-state index is -4.81. The Balaban J connectivity index is 3.06. The standard InChI is InChI=1S/C7H6F3N3O4/c8-7(9,10)4-3-5(13(16)17)12(11-4)2-1-6(14)15/h3H,1-2H2,(H,14,15). The zero-order valence-corrected chi connectivity index (χ0v) is 8.14. The number of aromatic nitrogens is 2. The van der Waals surface area contributed by atoms with Crippen LogP contribution in [0.5, 0.6) is 0 Å². The Morgan fingerprint density at radius 3 is 2.59 bits per heavy atom. The number of hydrogen-bond donors (Lipinski definition) is 1. The Bertz CT molecular complexity index is 454. The first kappa shape index (κ1) is 12.9. The molecule has 0 bridgehead atoms. The van der Waals surface area contributed by atoms with E-state index in [-0.39, 0.29) is 6.07 Å². The van der Waals surface area contributed by atoms with E-state index in [9.17, 15) is 28.1 Å². The first-order valence-corrected chi connectivity index (χ1v) is 4.23. The molecule has 0 spiro atoms. The number of alkyl halides is 3. The van der Waals surface area contributed by atoms with Crippen LogP contribution in [0, 0.1) is 10.1 Å². The van der Waals surface area contributed by atoms with Crippen LogP contribution in [-0.4, -0.2) is 25.8 Å². The van der Waals surface area contributed by atoms with E-state index < -0.39 is 41.5 Å². The van der Waals surface area contributed by atoms with Gasteiger partial charge in [0.15, 0.2) is 5.69 Å². The zero-order chi connectivity index (χ0) is 13.2. The fourth-order valence-corrected chi connectivity index (χ4v) is 1.06. The van der Waals surface area contributed by atoms with Crippen LogP contribution in [0.3, 0.4) is 0 Å². The molecule has 1 heterocycles. The fraction of sp³-hybridized carbons (Fsp3) is 0.429. The summed E-state index contributed by atoms with van der Waals surface area (Å²) in [5, 5.41) is 21.7. The van der Waals surface area contributed by atoms with Crippen LogP contribution in [0.2, 0.25) is 0 Å². The third-order valence-corrected chi connectivity index (χ3v) is 1.77. The number of rotatable bonds is 4. The smallest absolute Gasteiger partial charge is 0.437 e. The van der Waals surface area contributed by atoms with Gasteiger partial charge in [0, 0.05) is 0 Å². The van der Waals surface area contributed by atoms with E-state index in [1.807, 2.05) is 0 Å². The lowest BCUT2D eigenvalue weighted by molar-refractivity contribution is -0.392. The summed E-state index contributed by atoms with van der Waals surface area (Å²) in [6, 6.07) is 0.266. The van der Waals surface area contributed by atoms with Gasteiger partial charge in [0.1, 0.15) is 6.54 Å². The van der Waals surface area contributed by atoms with Gasteiger partial charge in [-0.05, 0) is 4.92 Å². The number of halogens is 3. The van der Waals surface area contributed by atoms with Crippen LogP contribution < -0.4 is 0 Å². The molecule has 0 saturated heterocycles. The van der Waals surface area contributed by atoms with E-state index in [1.165, 1.54) is 0 Å². The van der Waals surface area contributed by atoms with Gasteiger partial charge < -0.3 is 15.2 Å². The number of aliphatic carboxylic acids is 1. The summed E-state index contributed by atoms with van der Waals surface area (Å²) in [5.41, 5.74) is -1.42. The predicted octanol–water partition coefficient (Wildman–Crippen LogP) is 1.28. The summed E-state index contributed by atoms with van der Waals surface area (Å²) in [4.78, 5) is 19.6. The lowest BCUT2D eigenvalue weighted by Crippen LogP contribution is -2.11. The van der Waals surface area contributed by atoms with E-state index in [0.717, 1.165) is 0 Å². The van der Waals surface area contributed by atoms with Crippen molar-refractivity contribution in [2.45, 2.75) is 19.1 Å². The molecule has 0 radical (unpaired) electrons. The SMILES string of the molecule is O=C(O)CCn1nc(C(F)(F)F)cc1[N+](=O)[O-]. The van der Waals surface area contributed by atoms with E-state index in [4.69, 9.17) is 5.11 Å². The van der Waals surface area contributed by atoms with Crippen LogP contribution in [0.25, 0.3) is 0 Å². The average molecular weight is 253 g/mol. The molecular formula is C7H6F3N3O4. The Labute approximate surface area is 91.6 Å². The number of aryl methyl sites for hydroxylation is 1. The minimum absolute atomic E-state index is 0.266. The number of carboxylic acids is 1. The summed E-state index contributed by atoms with van der Waals surface area (Å²) in [5.74, 6) is -2.18. The van der Waals surface area contributed by atoms with Crippen LogP contribution in [0.1, 0.15) is 12.1 Å². The number of carbonyl (C=O) groups is 1. The summed E-state index contributed by atoms with van der Waals surface area (Å²) < 4.78 is 37.1. The van der Waals surface area contributed by atoms with Crippen molar-refractivity contribution in [2.75, 3.05) is 0 Å². The van der Waals surface area contributed by atoms with Crippen LogP contribution >= 0.6 is 0 Å². The zero-order valence-electron chi connectivity index (χ0n) is 8.14. The van der Waals surface area contributed by atoms with Crippen molar-refractivity contribution in [1.82, 2.24) is 9.78 Å². The largest absolute Gasteiger partial charge is 0.481 e. The van der Waals surface area contributed by atoms with Crippen molar-refractivity contribution in [2.24, 2.45) is 0 Å². The summed E-state index contributed by atoms with van der Waals surface area (Å²) in [7, 11) is 0. The van der Waals surface area contributed by atoms with Gasteiger partial charge in [-0.25, -0.2) is 0 Å². The summed E-state index contributed by atoms with van der Waals surface area (Å²) in [6.07, 6.45) is -5.36. The molecule has 0 aliphatic carbocycles. The third-order valence-electron chi connectivity index (χ3n) is 1.77. The second kappa shape index (κ2) is 4.39. The number of carboxylic acid groups (broad SMARTS) is 1. The monoisotopic (exact) mass is 253 g/mol. The average Bonchev–Trinajstić information content (AvgIpc) is 2.57. The van der Waals surface area contributed by atoms with Gasteiger partial charge >= 0.3 is 18.0 Å². The minimum Gasteiger partial charge on any atom is -0.481 e. The molecule has 17 heavy (non-hydrogen) atoms. The highest BCUT2D eigenvalue weighted by atomic mass is 19.4. The third kappa shape index (κ3) is 3.16. The molecule has 0 unspecified atom stereocenters. The predicted molar refractivity (Wildman–Crippen MR) is 46.1 cm³/mol. The van der Waals surface area contributed by atoms with Crippen molar-refractivity contribution >= 4 is 11.8 Å². The molecule has 1 rings (SSSR count). The second-order valence-electron chi connectivity index (χ2n) is 3.01. The first-order chi connectivity index (χ1) is 7.71. The van der Waals surface area contributed by atoms with Gasteiger partial charge in [-0.1, -0.05) is 5.10 Å². The lowest BCUT2D eigenvalue weighted by atomic mass is 10.4. The Morgan fingerprint density at radius 2 is 2.18 bits per heavy atom. The summed E-state index contributed by atoms with van der Waals surface area (Å²) in [6.45, 7) is -0.498. The number of nitro groups is 1. The van der Waals surface area contributed by atoms with E-state index in [1.54, 1.807) is 0 Å². The molecule has 94 valence electrons. The van der Waals surface area contributed by atoms with Gasteiger partial charge in [0.25, 0.3) is 0 Å². The Kier molecular flexibility index (Phi) is 3.34. The maximum atomic E-state index is 12.2. The molecule has 0 atom stereocenters. The second-order valence-corrected chi connectivity index (χ2v) is 3.01. The molecule has 7 nitrogen and oxygen atoms in total. The first-order valence-electron chi connectivity index (χ1n) is 4.23. The number of hydrogen-bond acceptors (Lipinski definition) is 4. The topological polar surface area (TPSA) is 98.3 Å². The number of nitrogens with zero attached hydrogens (tertiary/aromatic N) is 3. The van der Waals surface area contributed by atoms with Gasteiger partial charge in [0.2, 0.25) is 0 Å². The molecule has 0 aliphatic heterocycles. The van der Waals surface area contributed by atoms with Crippen molar-refractivity contribution < 1.29 is 28.0 Å². The molecule has 1 aromatic rings. The highest BCUT2D eigenvalue weighted by Gasteiger charge is 2.38. The molecule has 0 aromatic carbocycles. The molecule has 1 aromatic heterocycles. The maximum Gasteiger partial charge on any atom is 0.437 e. The van der Waals surface area contributed by atoms with Gasteiger partial charge in [0.05, 0.1) is 12.5 Å². The van der Waals surface area contributed by atoms with Crippen LogP contribution in [-0.2, 0) is 17.5 Å². The van der Waals surface area contributed by atoms with Crippen molar-refractivity contribution in [1.29, 1.82) is 0 Å². The fourth-order valence-electron chi connectivity index (χ4n) is 1.06. The molecule has 0 amide bonds. The highest BCUT2D eigenvalue weighted by Crippen LogP contribution is 2.30. The molecule has 1 N–H and O–H groups in total. The van der Waals surface area contributed by atoms with Crippen molar-refractivity contribution in [3.05, 3.63) is 21.9 Å². The maximum absolute atomic E-state index is 12.2. The van der Waals surface area contributed by atoms with Crippen molar-refractivity contribution in [3.63, 3.8) is 0 Å². The van der Waals surface area contributed by atoms with Gasteiger partial charge in [-0.15, -0.1) is 4.68 Å². The Morgan fingerprint density at radius 1 is 1.59 bits per heavy atom. The van der Waals surface area contributed by atoms with Crippen molar-refractivity contribution in [3.8, 4) is 0 Å². The quantitative estimate of drug-likeness (QED) is 0.643. The summed E-state index contributed by atoms with van der Waals surface area (Å²) >= 11 is 0. The molecule has 0 fully saturated rings.